The Morgan fingerprint density at radius 1 is 1.06 bits per heavy atom. The number of aromatic nitrogens is 4. The number of anilines is 3. The van der Waals surface area contributed by atoms with E-state index in [0.29, 0.717) is 17.8 Å². The van der Waals surface area contributed by atoms with Crippen LogP contribution in [0.4, 0.5) is 17.8 Å². The van der Waals surface area contributed by atoms with Gasteiger partial charge in [-0.3, -0.25) is 0 Å². The predicted octanol–water partition coefficient (Wildman–Crippen LogP) is 0.938. The highest BCUT2D eigenvalue weighted by Crippen LogP contribution is 2.08. The van der Waals surface area contributed by atoms with Crippen LogP contribution in [0.25, 0.3) is 0 Å². The van der Waals surface area contributed by atoms with Crippen LogP contribution >= 0.6 is 0 Å². The van der Waals surface area contributed by atoms with Gasteiger partial charge in [-0.15, -0.1) is 0 Å². The molecule has 2 rings (SSSR count). The Hall–Kier alpha value is -2.31. The summed E-state index contributed by atoms with van der Waals surface area (Å²) in [5.74, 6) is 1.64. The Kier molecular flexibility index (Phi) is 3.95. The highest BCUT2D eigenvalue weighted by molar-refractivity contribution is 5.41. The van der Waals surface area contributed by atoms with E-state index in [0.717, 1.165) is 13.0 Å². The van der Waals surface area contributed by atoms with Gasteiger partial charge >= 0.3 is 0 Å². The minimum absolute atomic E-state index is 0.539. The maximum Gasteiger partial charge on any atom is 0.229 e. The van der Waals surface area contributed by atoms with E-state index in [4.69, 9.17) is 0 Å². The Labute approximate surface area is 105 Å². The predicted molar refractivity (Wildman–Crippen MR) is 71.9 cm³/mol. The van der Waals surface area contributed by atoms with Gasteiger partial charge in [0.15, 0.2) is 0 Å². The van der Waals surface area contributed by atoms with E-state index in [1.165, 1.54) is 5.69 Å². The molecule has 0 amide bonds. The van der Waals surface area contributed by atoms with E-state index in [2.05, 4.69) is 35.9 Å². The van der Waals surface area contributed by atoms with Crippen molar-refractivity contribution in [1.29, 1.82) is 0 Å². The Morgan fingerprint density at radius 2 is 1.72 bits per heavy atom. The summed E-state index contributed by atoms with van der Waals surface area (Å²) < 4.78 is 0. The lowest BCUT2D eigenvalue weighted by atomic mass is 10.3. The number of aromatic amines is 1. The number of rotatable bonds is 6. The second-order valence-corrected chi connectivity index (χ2v) is 3.68. The lowest BCUT2D eigenvalue weighted by molar-refractivity contribution is 0.942. The molecule has 96 valence electrons. The summed E-state index contributed by atoms with van der Waals surface area (Å²) in [6.07, 6.45) is 2.80. The van der Waals surface area contributed by atoms with Crippen molar-refractivity contribution < 1.29 is 0 Å². The summed E-state index contributed by atoms with van der Waals surface area (Å²) in [6.45, 7) is 0.761. The molecule has 2 heterocycles. The second kappa shape index (κ2) is 5.85. The van der Waals surface area contributed by atoms with Gasteiger partial charge in [-0.2, -0.15) is 15.0 Å². The van der Waals surface area contributed by atoms with Crippen molar-refractivity contribution in [3.63, 3.8) is 0 Å². The smallest absolute Gasteiger partial charge is 0.229 e. The van der Waals surface area contributed by atoms with Crippen molar-refractivity contribution in [2.75, 3.05) is 36.6 Å². The zero-order chi connectivity index (χ0) is 12.8. The van der Waals surface area contributed by atoms with E-state index < -0.39 is 0 Å². The molecule has 0 aliphatic rings. The molecule has 0 aliphatic heterocycles. The molecule has 0 spiro atoms. The van der Waals surface area contributed by atoms with Crippen LogP contribution in [0, 0.1) is 0 Å². The topological polar surface area (TPSA) is 90.5 Å². The number of nitrogens with zero attached hydrogens (tertiary/aromatic N) is 3. The van der Waals surface area contributed by atoms with Crippen LogP contribution in [-0.4, -0.2) is 40.6 Å². The first kappa shape index (κ1) is 12.2. The molecule has 4 N–H and O–H groups in total. The van der Waals surface area contributed by atoms with Gasteiger partial charge < -0.3 is 20.9 Å². The second-order valence-electron chi connectivity index (χ2n) is 3.68. The van der Waals surface area contributed by atoms with Gasteiger partial charge in [0, 0.05) is 39.0 Å². The maximum atomic E-state index is 4.22. The lowest BCUT2D eigenvalue weighted by Gasteiger charge is -2.07. The summed E-state index contributed by atoms with van der Waals surface area (Å²) in [4.78, 5) is 15.7. The van der Waals surface area contributed by atoms with E-state index in [9.17, 15) is 0 Å². The molecule has 0 radical (unpaired) electrons. The molecule has 7 nitrogen and oxygen atoms in total. The fourth-order valence-corrected chi connectivity index (χ4v) is 1.51. The van der Waals surface area contributed by atoms with Crippen molar-refractivity contribution in [3.05, 3.63) is 24.0 Å². The molecular formula is C11H17N7. The summed E-state index contributed by atoms with van der Waals surface area (Å²) >= 11 is 0. The molecule has 18 heavy (non-hydrogen) atoms. The highest BCUT2D eigenvalue weighted by Gasteiger charge is 2.03. The van der Waals surface area contributed by atoms with Gasteiger partial charge in [0.25, 0.3) is 0 Å². The first-order chi connectivity index (χ1) is 8.81. The molecule has 0 aliphatic carbocycles. The molecule has 0 saturated heterocycles. The lowest BCUT2D eigenvalue weighted by Crippen LogP contribution is -2.11. The van der Waals surface area contributed by atoms with Crippen LogP contribution in [0.15, 0.2) is 18.3 Å². The monoisotopic (exact) mass is 247 g/mol. The largest absolute Gasteiger partial charge is 0.365 e. The summed E-state index contributed by atoms with van der Waals surface area (Å²) in [5, 5.41) is 8.97. The third kappa shape index (κ3) is 3.09. The zero-order valence-corrected chi connectivity index (χ0v) is 10.5. The number of hydrogen-bond donors (Lipinski definition) is 4. The summed E-state index contributed by atoms with van der Waals surface area (Å²) in [6, 6.07) is 4.03. The van der Waals surface area contributed by atoms with Crippen molar-refractivity contribution in [3.8, 4) is 0 Å². The fraction of sp³-hybridized carbons (Fsp3) is 0.364. The third-order valence-electron chi connectivity index (χ3n) is 2.42. The molecule has 0 aromatic carbocycles. The fourth-order valence-electron chi connectivity index (χ4n) is 1.51. The molecule has 0 fully saturated rings. The molecule has 0 bridgehead atoms. The minimum atomic E-state index is 0.539. The number of hydrogen-bond acceptors (Lipinski definition) is 6. The highest BCUT2D eigenvalue weighted by atomic mass is 15.3. The van der Waals surface area contributed by atoms with Crippen LogP contribution in [-0.2, 0) is 6.42 Å². The van der Waals surface area contributed by atoms with E-state index in [1.54, 1.807) is 14.1 Å². The zero-order valence-electron chi connectivity index (χ0n) is 10.5. The maximum absolute atomic E-state index is 4.22. The van der Waals surface area contributed by atoms with Crippen LogP contribution in [0.1, 0.15) is 5.69 Å². The molecule has 2 aromatic heterocycles. The Bertz CT molecular complexity index is 458. The summed E-state index contributed by atoms with van der Waals surface area (Å²) in [5.41, 5.74) is 1.18. The van der Waals surface area contributed by atoms with Gasteiger partial charge in [-0.1, -0.05) is 0 Å². The van der Waals surface area contributed by atoms with Gasteiger partial charge in [0.05, 0.1) is 0 Å². The first-order valence-corrected chi connectivity index (χ1v) is 5.79. The Balaban J connectivity index is 1.95. The standard InChI is InChI=1S/C11H17N7/c1-12-9-16-10(13-2)18-11(17-9)15-7-5-8-4-3-6-14-8/h3-4,6,14H,5,7H2,1-2H3,(H3,12,13,15,16,17,18). The average Bonchev–Trinajstić information content (AvgIpc) is 2.91. The molecule has 7 heteroatoms. The van der Waals surface area contributed by atoms with E-state index >= 15 is 0 Å². The van der Waals surface area contributed by atoms with Crippen molar-refractivity contribution >= 4 is 17.8 Å². The number of H-pyrrole nitrogens is 1. The average molecular weight is 247 g/mol. The normalized spacial score (nSPS) is 10.1. The SMILES string of the molecule is CNc1nc(NC)nc(NCCc2ccc[nH]2)n1. The van der Waals surface area contributed by atoms with Gasteiger partial charge in [0.2, 0.25) is 17.8 Å². The van der Waals surface area contributed by atoms with Gasteiger partial charge in [-0.05, 0) is 12.1 Å². The number of nitrogens with one attached hydrogen (secondary N) is 4. The van der Waals surface area contributed by atoms with Crippen LogP contribution in [0.5, 0.6) is 0 Å². The van der Waals surface area contributed by atoms with Crippen molar-refractivity contribution in [2.45, 2.75) is 6.42 Å². The molecule has 0 saturated carbocycles. The molecule has 0 unspecified atom stereocenters. The molecular weight excluding hydrogens is 230 g/mol. The quantitative estimate of drug-likeness (QED) is 0.607. The molecule has 2 aromatic rings. The minimum Gasteiger partial charge on any atom is -0.365 e. The van der Waals surface area contributed by atoms with Crippen LogP contribution in [0.2, 0.25) is 0 Å². The third-order valence-corrected chi connectivity index (χ3v) is 2.42. The van der Waals surface area contributed by atoms with Crippen molar-refractivity contribution in [2.24, 2.45) is 0 Å². The van der Waals surface area contributed by atoms with Crippen LogP contribution < -0.4 is 16.0 Å². The molecule has 0 atom stereocenters. The van der Waals surface area contributed by atoms with E-state index in [1.807, 2.05) is 18.3 Å². The Morgan fingerprint density at radius 3 is 2.28 bits per heavy atom. The van der Waals surface area contributed by atoms with Crippen LogP contribution in [0.3, 0.4) is 0 Å². The van der Waals surface area contributed by atoms with Gasteiger partial charge in [0.1, 0.15) is 0 Å². The van der Waals surface area contributed by atoms with E-state index in [-0.39, 0.29) is 0 Å². The summed E-state index contributed by atoms with van der Waals surface area (Å²) in [7, 11) is 3.55. The first-order valence-electron chi connectivity index (χ1n) is 5.79. The van der Waals surface area contributed by atoms with Gasteiger partial charge in [-0.25, -0.2) is 0 Å². The van der Waals surface area contributed by atoms with Crippen molar-refractivity contribution in [1.82, 2.24) is 19.9 Å².